The van der Waals surface area contributed by atoms with Crippen LogP contribution >= 0.6 is 27.3 Å². The third-order valence-electron chi connectivity index (χ3n) is 5.14. The van der Waals surface area contributed by atoms with Gasteiger partial charge in [-0.3, -0.25) is 14.2 Å². The van der Waals surface area contributed by atoms with Crippen molar-refractivity contribution in [2.75, 3.05) is 6.61 Å². The minimum Gasteiger partial charge on any atom is -0.463 e. The van der Waals surface area contributed by atoms with Crippen LogP contribution in [0.15, 0.2) is 74.1 Å². The van der Waals surface area contributed by atoms with Gasteiger partial charge >= 0.3 is 11.9 Å². The second kappa shape index (κ2) is 9.90. The number of hydrogen-bond donors (Lipinski definition) is 0. The maximum Gasteiger partial charge on any atom is 0.338 e. The molecule has 1 atom stereocenters. The smallest absolute Gasteiger partial charge is 0.338 e. The third-order valence-corrected chi connectivity index (χ3v) is 6.74. The molecule has 0 saturated carbocycles. The zero-order chi connectivity index (χ0) is 24.4. The quantitative estimate of drug-likeness (QED) is 0.365. The number of allylic oxidation sites excluding steroid dienone is 1. The number of hydrogen-bond acceptors (Lipinski definition) is 7. The van der Waals surface area contributed by atoms with E-state index in [1.54, 1.807) is 42.7 Å². The molecule has 3 aromatic rings. The van der Waals surface area contributed by atoms with Gasteiger partial charge in [0.15, 0.2) is 4.80 Å². The molecule has 0 saturated heterocycles. The lowest BCUT2D eigenvalue weighted by atomic mass is 9.96. The van der Waals surface area contributed by atoms with Crippen LogP contribution < -0.4 is 19.6 Å². The van der Waals surface area contributed by atoms with Crippen LogP contribution in [0.4, 0.5) is 0 Å². The number of nitrogens with zero attached hydrogens (tertiary/aromatic N) is 2. The van der Waals surface area contributed by atoms with Crippen molar-refractivity contribution in [1.29, 1.82) is 0 Å². The summed E-state index contributed by atoms with van der Waals surface area (Å²) in [5, 5.41) is 0. The SMILES string of the molecule is CCOC(=O)C1=C(C)N=c2s/c(=C\c3ccc(OC(C)=O)c(Br)c3)c(=O)n2[C@@H]1c1ccccc1. The van der Waals surface area contributed by atoms with E-state index in [1.807, 2.05) is 30.3 Å². The molecule has 0 unspecified atom stereocenters. The Labute approximate surface area is 207 Å². The fourth-order valence-corrected chi connectivity index (χ4v) is 5.26. The summed E-state index contributed by atoms with van der Waals surface area (Å²) in [5.41, 5.74) is 2.15. The van der Waals surface area contributed by atoms with Crippen molar-refractivity contribution < 1.29 is 19.1 Å². The molecule has 1 aromatic heterocycles. The largest absolute Gasteiger partial charge is 0.463 e. The van der Waals surface area contributed by atoms with Crippen LogP contribution in [0.25, 0.3) is 6.08 Å². The van der Waals surface area contributed by atoms with E-state index in [0.29, 0.717) is 30.8 Å². The summed E-state index contributed by atoms with van der Waals surface area (Å²) in [5.74, 6) is -0.516. The Bertz CT molecular complexity index is 1490. The van der Waals surface area contributed by atoms with E-state index in [-0.39, 0.29) is 12.2 Å². The molecule has 2 heterocycles. The Hall–Kier alpha value is -3.30. The van der Waals surface area contributed by atoms with E-state index in [4.69, 9.17) is 9.47 Å². The lowest BCUT2D eigenvalue weighted by Gasteiger charge is -2.24. The molecule has 9 heteroatoms. The molecule has 0 radical (unpaired) electrons. The van der Waals surface area contributed by atoms with Crippen LogP contribution in [0.3, 0.4) is 0 Å². The van der Waals surface area contributed by atoms with Crippen LogP contribution in [0.5, 0.6) is 5.75 Å². The molecule has 34 heavy (non-hydrogen) atoms. The molecule has 0 spiro atoms. The fourth-order valence-electron chi connectivity index (χ4n) is 3.74. The van der Waals surface area contributed by atoms with Gasteiger partial charge in [-0.15, -0.1) is 0 Å². The number of fused-ring (bicyclic) bond motifs is 1. The second-order valence-corrected chi connectivity index (χ2v) is 9.36. The Morgan fingerprint density at radius 1 is 1.21 bits per heavy atom. The molecule has 0 bridgehead atoms. The van der Waals surface area contributed by atoms with Crippen molar-refractivity contribution >= 4 is 45.3 Å². The summed E-state index contributed by atoms with van der Waals surface area (Å²) in [6.45, 7) is 5.05. The summed E-state index contributed by atoms with van der Waals surface area (Å²) in [6, 6.07) is 13.9. The Morgan fingerprint density at radius 3 is 2.59 bits per heavy atom. The normalized spacial score (nSPS) is 15.5. The molecule has 1 aliphatic heterocycles. The van der Waals surface area contributed by atoms with Gasteiger partial charge in [-0.05, 0) is 59.1 Å². The van der Waals surface area contributed by atoms with E-state index in [1.165, 1.54) is 18.3 Å². The number of carbonyl (C=O) groups is 2. The second-order valence-electron chi connectivity index (χ2n) is 7.50. The van der Waals surface area contributed by atoms with E-state index in [0.717, 1.165) is 11.1 Å². The highest BCUT2D eigenvalue weighted by molar-refractivity contribution is 9.10. The molecule has 174 valence electrons. The van der Waals surface area contributed by atoms with Crippen molar-refractivity contribution in [3.8, 4) is 5.75 Å². The average molecular weight is 541 g/mol. The van der Waals surface area contributed by atoms with E-state index in [9.17, 15) is 14.4 Å². The Morgan fingerprint density at radius 2 is 1.94 bits per heavy atom. The maximum atomic E-state index is 13.6. The van der Waals surface area contributed by atoms with E-state index >= 15 is 0 Å². The van der Waals surface area contributed by atoms with Crippen molar-refractivity contribution in [3.05, 3.63) is 95.1 Å². The third kappa shape index (κ3) is 4.67. The highest BCUT2D eigenvalue weighted by Gasteiger charge is 2.33. The van der Waals surface area contributed by atoms with Crippen LogP contribution in [0.2, 0.25) is 0 Å². The fraction of sp³-hybridized carbons (Fsp3) is 0.200. The number of aromatic nitrogens is 1. The first-order valence-electron chi connectivity index (χ1n) is 10.5. The molecule has 0 aliphatic carbocycles. The molecular formula is C25H21BrN2O5S. The van der Waals surface area contributed by atoms with Crippen LogP contribution in [-0.4, -0.2) is 23.1 Å². The number of carbonyl (C=O) groups excluding carboxylic acids is 2. The number of halogens is 1. The van der Waals surface area contributed by atoms with Gasteiger partial charge in [-0.1, -0.05) is 47.7 Å². The Kier molecular flexibility index (Phi) is 6.95. The average Bonchev–Trinajstić information content (AvgIpc) is 3.09. The predicted octanol–water partition coefficient (Wildman–Crippen LogP) is 3.49. The van der Waals surface area contributed by atoms with Gasteiger partial charge in [-0.25, -0.2) is 9.79 Å². The first-order chi connectivity index (χ1) is 16.3. The van der Waals surface area contributed by atoms with Gasteiger partial charge in [0.05, 0.1) is 32.9 Å². The highest BCUT2D eigenvalue weighted by Crippen LogP contribution is 2.30. The zero-order valence-electron chi connectivity index (χ0n) is 18.7. The number of benzene rings is 2. The molecular weight excluding hydrogens is 520 g/mol. The van der Waals surface area contributed by atoms with Gasteiger partial charge in [0, 0.05) is 6.92 Å². The lowest BCUT2D eigenvalue weighted by Crippen LogP contribution is -2.39. The molecule has 0 fully saturated rings. The zero-order valence-corrected chi connectivity index (χ0v) is 21.1. The summed E-state index contributed by atoms with van der Waals surface area (Å²) in [6.07, 6.45) is 1.75. The monoisotopic (exact) mass is 540 g/mol. The lowest BCUT2D eigenvalue weighted by molar-refractivity contribution is -0.139. The number of esters is 2. The summed E-state index contributed by atoms with van der Waals surface area (Å²) in [4.78, 5) is 42.7. The standard InChI is InChI=1S/C25H21BrN2O5S/c1-4-32-24(31)21-14(2)27-25-28(22(21)17-8-6-5-7-9-17)23(30)20(34-25)13-16-10-11-19(18(26)12-16)33-15(3)29/h5-13,22H,4H2,1-3H3/b20-13-/t22-/m1/s1. The number of thiazole rings is 1. The van der Waals surface area contributed by atoms with Crippen molar-refractivity contribution in [2.24, 2.45) is 4.99 Å². The topological polar surface area (TPSA) is 87.0 Å². The molecule has 1 aliphatic rings. The summed E-state index contributed by atoms with van der Waals surface area (Å²) in [7, 11) is 0. The van der Waals surface area contributed by atoms with Gasteiger partial charge in [-0.2, -0.15) is 0 Å². The van der Waals surface area contributed by atoms with Crippen LogP contribution in [0, 0.1) is 0 Å². The molecule has 0 amide bonds. The minimum absolute atomic E-state index is 0.222. The molecule has 4 rings (SSSR count). The minimum atomic E-state index is -0.642. The van der Waals surface area contributed by atoms with Crippen molar-refractivity contribution in [1.82, 2.24) is 4.57 Å². The first kappa shape index (κ1) is 23.8. The summed E-state index contributed by atoms with van der Waals surface area (Å²) < 4.78 is 13.0. The maximum absolute atomic E-state index is 13.6. The van der Waals surface area contributed by atoms with Gasteiger partial charge in [0.1, 0.15) is 5.75 Å². The number of rotatable bonds is 5. The van der Waals surface area contributed by atoms with E-state index < -0.39 is 18.0 Å². The number of ether oxygens (including phenoxy) is 2. The van der Waals surface area contributed by atoms with Crippen molar-refractivity contribution in [2.45, 2.75) is 26.8 Å². The van der Waals surface area contributed by atoms with Crippen LogP contribution in [0.1, 0.15) is 37.9 Å². The highest BCUT2D eigenvalue weighted by atomic mass is 79.9. The van der Waals surface area contributed by atoms with Gasteiger partial charge < -0.3 is 9.47 Å². The first-order valence-corrected chi connectivity index (χ1v) is 12.1. The Balaban J connectivity index is 1.87. The van der Waals surface area contributed by atoms with Crippen molar-refractivity contribution in [3.63, 3.8) is 0 Å². The molecule has 0 N–H and O–H groups in total. The van der Waals surface area contributed by atoms with E-state index in [2.05, 4.69) is 20.9 Å². The summed E-state index contributed by atoms with van der Waals surface area (Å²) >= 11 is 4.65. The van der Waals surface area contributed by atoms with Crippen LogP contribution in [-0.2, 0) is 14.3 Å². The van der Waals surface area contributed by atoms with Gasteiger partial charge in [0.2, 0.25) is 0 Å². The molecule has 2 aromatic carbocycles. The van der Waals surface area contributed by atoms with Gasteiger partial charge in [0.25, 0.3) is 5.56 Å². The molecule has 7 nitrogen and oxygen atoms in total. The predicted molar refractivity (Wildman–Crippen MR) is 132 cm³/mol.